The molecule has 0 unspecified atom stereocenters. The van der Waals surface area contributed by atoms with E-state index in [1.54, 1.807) is 0 Å². The Morgan fingerprint density at radius 3 is 2.62 bits per heavy atom. The lowest BCUT2D eigenvalue weighted by Crippen LogP contribution is -2.07. The SMILES string of the molecule is Cc1cc(F)c(CC(=O)O)cc1OC(F)F. The normalized spacial score (nSPS) is 10.6. The molecule has 0 bridgehead atoms. The van der Waals surface area contributed by atoms with Gasteiger partial charge < -0.3 is 9.84 Å². The number of hydrogen-bond acceptors (Lipinski definition) is 2. The van der Waals surface area contributed by atoms with Crippen molar-refractivity contribution in [2.24, 2.45) is 0 Å². The van der Waals surface area contributed by atoms with E-state index in [0.717, 1.165) is 12.1 Å². The van der Waals surface area contributed by atoms with E-state index in [2.05, 4.69) is 4.74 Å². The number of benzene rings is 1. The third-order valence-corrected chi connectivity index (χ3v) is 1.90. The number of alkyl halides is 2. The third kappa shape index (κ3) is 3.15. The molecule has 0 heterocycles. The minimum Gasteiger partial charge on any atom is -0.481 e. The summed E-state index contributed by atoms with van der Waals surface area (Å²) < 4.78 is 41.3. The van der Waals surface area contributed by atoms with Gasteiger partial charge in [0, 0.05) is 5.56 Å². The van der Waals surface area contributed by atoms with Gasteiger partial charge in [-0.3, -0.25) is 4.79 Å². The second kappa shape index (κ2) is 4.87. The summed E-state index contributed by atoms with van der Waals surface area (Å²) in [7, 11) is 0. The molecule has 1 rings (SSSR count). The Hall–Kier alpha value is -1.72. The zero-order valence-corrected chi connectivity index (χ0v) is 8.34. The van der Waals surface area contributed by atoms with Gasteiger partial charge in [-0.2, -0.15) is 8.78 Å². The molecule has 0 aliphatic heterocycles. The average Bonchev–Trinajstić information content (AvgIpc) is 2.11. The fourth-order valence-corrected chi connectivity index (χ4v) is 1.22. The molecule has 0 spiro atoms. The first-order valence-electron chi connectivity index (χ1n) is 4.35. The van der Waals surface area contributed by atoms with Crippen LogP contribution in [-0.2, 0) is 11.2 Å². The number of carboxylic acids is 1. The summed E-state index contributed by atoms with van der Waals surface area (Å²) in [6, 6.07) is 1.95. The Labute approximate surface area is 89.5 Å². The number of rotatable bonds is 4. The lowest BCUT2D eigenvalue weighted by molar-refractivity contribution is -0.136. The van der Waals surface area contributed by atoms with Crippen LogP contribution in [0.5, 0.6) is 5.75 Å². The number of carboxylic acid groups (broad SMARTS) is 1. The maximum Gasteiger partial charge on any atom is 0.387 e. The smallest absolute Gasteiger partial charge is 0.387 e. The minimum atomic E-state index is -3.03. The third-order valence-electron chi connectivity index (χ3n) is 1.90. The van der Waals surface area contributed by atoms with Crippen LogP contribution in [0.3, 0.4) is 0 Å². The topological polar surface area (TPSA) is 46.5 Å². The highest BCUT2D eigenvalue weighted by Gasteiger charge is 2.13. The lowest BCUT2D eigenvalue weighted by atomic mass is 10.1. The Kier molecular flexibility index (Phi) is 3.76. The molecule has 0 saturated carbocycles. The Morgan fingerprint density at radius 2 is 2.12 bits per heavy atom. The molecule has 88 valence electrons. The fourth-order valence-electron chi connectivity index (χ4n) is 1.22. The second-order valence-corrected chi connectivity index (χ2v) is 3.16. The van der Waals surface area contributed by atoms with Crippen molar-refractivity contribution < 1.29 is 27.8 Å². The highest BCUT2D eigenvalue weighted by molar-refractivity contribution is 5.70. The van der Waals surface area contributed by atoms with E-state index in [9.17, 15) is 18.0 Å². The molecule has 1 N–H and O–H groups in total. The molecule has 1 aromatic rings. The standard InChI is InChI=1S/C10H9F3O3/c1-5-2-7(11)6(4-9(14)15)3-8(5)16-10(12)13/h2-3,10H,4H2,1H3,(H,14,15). The molecular weight excluding hydrogens is 225 g/mol. The summed E-state index contributed by atoms with van der Waals surface area (Å²) in [6.07, 6.45) is -0.578. The highest BCUT2D eigenvalue weighted by atomic mass is 19.3. The van der Waals surface area contributed by atoms with Crippen LogP contribution in [-0.4, -0.2) is 17.7 Å². The molecule has 3 nitrogen and oxygen atoms in total. The summed E-state index contributed by atoms with van der Waals surface area (Å²) in [6.45, 7) is -1.63. The number of carbonyl (C=O) groups is 1. The van der Waals surface area contributed by atoms with Crippen molar-refractivity contribution in [2.75, 3.05) is 0 Å². The molecule has 6 heteroatoms. The van der Waals surface area contributed by atoms with Crippen molar-refractivity contribution in [3.8, 4) is 5.75 Å². The van der Waals surface area contributed by atoms with Gasteiger partial charge in [0.2, 0.25) is 0 Å². The quantitative estimate of drug-likeness (QED) is 0.869. The van der Waals surface area contributed by atoms with Gasteiger partial charge in [0.1, 0.15) is 11.6 Å². The van der Waals surface area contributed by atoms with Gasteiger partial charge in [-0.05, 0) is 24.6 Å². The van der Waals surface area contributed by atoms with Gasteiger partial charge in [0.05, 0.1) is 6.42 Å². The van der Waals surface area contributed by atoms with Gasteiger partial charge in [0.15, 0.2) is 0 Å². The van der Waals surface area contributed by atoms with Crippen molar-refractivity contribution in [3.05, 3.63) is 29.1 Å². The van der Waals surface area contributed by atoms with E-state index >= 15 is 0 Å². The van der Waals surface area contributed by atoms with Crippen LogP contribution in [0.15, 0.2) is 12.1 Å². The Balaban J connectivity index is 3.05. The van der Waals surface area contributed by atoms with Crippen molar-refractivity contribution in [2.45, 2.75) is 20.0 Å². The van der Waals surface area contributed by atoms with Crippen LogP contribution in [0.25, 0.3) is 0 Å². The zero-order chi connectivity index (χ0) is 12.3. The summed E-state index contributed by atoms with van der Waals surface area (Å²) in [5.74, 6) is -2.21. The number of aryl methyl sites for hydroxylation is 1. The Bertz CT molecular complexity index is 405. The lowest BCUT2D eigenvalue weighted by Gasteiger charge is -2.10. The summed E-state index contributed by atoms with van der Waals surface area (Å²) in [4.78, 5) is 10.4. The number of halogens is 3. The van der Waals surface area contributed by atoms with Crippen LogP contribution in [0, 0.1) is 12.7 Å². The van der Waals surface area contributed by atoms with Crippen LogP contribution in [0.1, 0.15) is 11.1 Å². The first-order chi connectivity index (χ1) is 7.40. The fraction of sp³-hybridized carbons (Fsp3) is 0.300. The van der Waals surface area contributed by atoms with E-state index < -0.39 is 24.8 Å². The molecule has 0 aliphatic carbocycles. The van der Waals surface area contributed by atoms with E-state index in [1.165, 1.54) is 6.92 Å². The summed E-state index contributed by atoms with van der Waals surface area (Å²) in [5, 5.41) is 8.48. The van der Waals surface area contributed by atoms with E-state index in [4.69, 9.17) is 5.11 Å². The van der Waals surface area contributed by atoms with Crippen molar-refractivity contribution >= 4 is 5.97 Å². The number of ether oxygens (including phenoxy) is 1. The predicted molar refractivity (Wildman–Crippen MR) is 49.1 cm³/mol. The van der Waals surface area contributed by atoms with Gasteiger partial charge in [-0.1, -0.05) is 0 Å². The molecule has 0 atom stereocenters. The minimum absolute atomic E-state index is 0.186. The predicted octanol–water partition coefficient (Wildman–Crippen LogP) is 2.36. The largest absolute Gasteiger partial charge is 0.481 e. The summed E-state index contributed by atoms with van der Waals surface area (Å²) >= 11 is 0. The van der Waals surface area contributed by atoms with Gasteiger partial charge in [-0.15, -0.1) is 0 Å². The molecule has 0 aliphatic rings. The molecule has 0 saturated heterocycles. The second-order valence-electron chi connectivity index (χ2n) is 3.16. The van der Waals surface area contributed by atoms with E-state index in [1.807, 2.05) is 0 Å². The molecular formula is C10H9F3O3. The van der Waals surface area contributed by atoms with Crippen molar-refractivity contribution in [1.82, 2.24) is 0 Å². The monoisotopic (exact) mass is 234 g/mol. The zero-order valence-electron chi connectivity index (χ0n) is 8.34. The Morgan fingerprint density at radius 1 is 1.50 bits per heavy atom. The van der Waals surface area contributed by atoms with E-state index in [-0.39, 0.29) is 16.9 Å². The number of hydrogen-bond donors (Lipinski definition) is 1. The van der Waals surface area contributed by atoms with E-state index in [0.29, 0.717) is 0 Å². The molecule has 16 heavy (non-hydrogen) atoms. The highest BCUT2D eigenvalue weighted by Crippen LogP contribution is 2.24. The average molecular weight is 234 g/mol. The number of aliphatic carboxylic acids is 1. The van der Waals surface area contributed by atoms with Crippen LogP contribution in [0.4, 0.5) is 13.2 Å². The maximum atomic E-state index is 13.2. The first-order valence-corrected chi connectivity index (χ1v) is 4.35. The first kappa shape index (κ1) is 12.4. The van der Waals surface area contributed by atoms with Crippen LogP contribution in [0.2, 0.25) is 0 Å². The van der Waals surface area contributed by atoms with Gasteiger partial charge >= 0.3 is 12.6 Å². The molecule has 1 aromatic carbocycles. The van der Waals surface area contributed by atoms with Crippen LogP contribution >= 0.6 is 0 Å². The maximum absolute atomic E-state index is 13.2. The molecule has 0 radical (unpaired) electrons. The molecule has 0 amide bonds. The molecule has 0 aromatic heterocycles. The summed E-state index contributed by atoms with van der Waals surface area (Å²) in [5.41, 5.74) is 0.000638. The van der Waals surface area contributed by atoms with Crippen LogP contribution < -0.4 is 4.74 Å². The van der Waals surface area contributed by atoms with Gasteiger partial charge in [0.25, 0.3) is 0 Å². The molecule has 0 fully saturated rings. The van der Waals surface area contributed by atoms with Gasteiger partial charge in [-0.25, -0.2) is 4.39 Å². The van der Waals surface area contributed by atoms with Crippen molar-refractivity contribution in [1.29, 1.82) is 0 Å². The van der Waals surface area contributed by atoms with Crippen molar-refractivity contribution in [3.63, 3.8) is 0 Å².